The number of nitrogens with one attached hydrogen (secondary N) is 1. The first kappa shape index (κ1) is 21.4. The molecule has 1 amide bonds. The number of fused-ring (bicyclic) bond motifs is 1. The van der Waals surface area contributed by atoms with E-state index in [-0.39, 0.29) is 18.1 Å². The fraction of sp³-hybridized carbons (Fsp3) is 0.348. The molecule has 0 saturated heterocycles. The van der Waals surface area contributed by atoms with Crippen LogP contribution in [-0.2, 0) is 24.2 Å². The summed E-state index contributed by atoms with van der Waals surface area (Å²) < 4.78 is 21.9. The van der Waals surface area contributed by atoms with E-state index in [2.05, 4.69) is 25.7 Å². The molecule has 5 rings (SSSR count). The Morgan fingerprint density at radius 1 is 1.21 bits per heavy atom. The predicted octanol–water partition coefficient (Wildman–Crippen LogP) is 4.88. The highest BCUT2D eigenvalue weighted by Gasteiger charge is 2.19. The van der Waals surface area contributed by atoms with Gasteiger partial charge in [0.25, 0.3) is 0 Å². The van der Waals surface area contributed by atoms with Crippen molar-refractivity contribution in [1.82, 2.24) is 24.9 Å². The molecule has 1 aliphatic rings. The molecule has 0 bridgehead atoms. The summed E-state index contributed by atoms with van der Waals surface area (Å²) in [5, 5.41) is 17.3. The van der Waals surface area contributed by atoms with E-state index in [1.807, 2.05) is 22.1 Å². The first-order valence-electron chi connectivity index (χ1n) is 11.1. The van der Waals surface area contributed by atoms with Gasteiger partial charge in [0.1, 0.15) is 11.6 Å². The van der Waals surface area contributed by atoms with Crippen molar-refractivity contribution in [1.29, 1.82) is 0 Å². The fourth-order valence-electron chi connectivity index (χ4n) is 3.94. The first-order valence-corrected chi connectivity index (χ1v) is 11.9. The molecule has 1 N–H and O–H groups in total. The number of amides is 1. The van der Waals surface area contributed by atoms with Crippen LogP contribution in [0.25, 0.3) is 22.1 Å². The van der Waals surface area contributed by atoms with Crippen LogP contribution in [0.15, 0.2) is 40.2 Å². The molecule has 0 spiro atoms. The number of nitrogens with zero attached hydrogens (tertiary/aromatic N) is 5. The highest BCUT2D eigenvalue weighted by Crippen LogP contribution is 2.28. The standard InChI is InChI=1S/C23H23FN6O2S/c24-17-11-10-15(14-16(17)23-28-27-19-7-2-1-3-12-30(19)23)25-20(31)8-4-9-21-26-22(29-32-21)18-6-5-13-33-18/h5-6,10-11,13-14H,1-4,7-9,12H2,(H,25,31). The molecule has 4 heterocycles. The minimum absolute atomic E-state index is 0.161. The van der Waals surface area contributed by atoms with E-state index in [4.69, 9.17) is 4.52 Å². The number of hydrogen-bond acceptors (Lipinski definition) is 7. The summed E-state index contributed by atoms with van der Waals surface area (Å²) in [4.78, 5) is 17.8. The lowest BCUT2D eigenvalue weighted by Crippen LogP contribution is -2.12. The van der Waals surface area contributed by atoms with Crippen molar-refractivity contribution in [2.24, 2.45) is 0 Å². The molecule has 0 atom stereocenters. The summed E-state index contributed by atoms with van der Waals surface area (Å²) in [7, 11) is 0. The zero-order valence-corrected chi connectivity index (χ0v) is 18.8. The lowest BCUT2D eigenvalue weighted by molar-refractivity contribution is -0.116. The van der Waals surface area contributed by atoms with Crippen LogP contribution in [0.3, 0.4) is 0 Å². The van der Waals surface area contributed by atoms with Gasteiger partial charge < -0.3 is 14.4 Å². The van der Waals surface area contributed by atoms with Gasteiger partial charge in [0, 0.05) is 31.5 Å². The zero-order valence-electron chi connectivity index (χ0n) is 18.0. The van der Waals surface area contributed by atoms with E-state index < -0.39 is 0 Å². The summed E-state index contributed by atoms with van der Waals surface area (Å²) >= 11 is 1.54. The van der Waals surface area contributed by atoms with Gasteiger partial charge in [-0.25, -0.2) is 4.39 Å². The first-order chi connectivity index (χ1) is 16.2. The molecular formula is C23H23FN6O2S. The van der Waals surface area contributed by atoms with Crippen LogP contribution in [0, 0.1) is 5.82 Å². The van der Waals surface area contributed by atoms with Crippen LogP contribution < -0.4 is 5.32 Å². The average molecular weight is 467 g/mol. The van der Waals surface area contributed by atoms with Crippen molar-refractivity contribution in [3.8, 4) is 22.1 Å². The number of aromatic nitrogens is 5. The highest BCUT2D eigenvalue weighted by atomic mass is 32.1. The summed E-state index contributed by atoms with van der Waals surface area (Å²) in [6.07, 6.45) is 5.40. The predicted molar refractivity (Wildman–Crippen MR) is 122 cm³/mol. The number of thiophene rings is 1. The lowest BCUT2D eigenvalue weighted by Gasteiger charge is -2.10. The number of carbonyl (C=O) groups excluding carboxylic acids is 1. The van der Waals surface area contributed by atoms with Crippen LogP contribution in [0.5, 0.6) is 0 Å². The molecule has 4 aromatic rings. The Labute approximate surface area is 193 Å². The van der Waals surface area contributed by atoms with Gasteiger partial charge in [-0.3, -0.25) is 4.79 Å². The molecule has 1 aromatic carbocycles. The second-order valence-corrected chi connectivity index (χ2v) is 8.94. The van der Waals surface area contributed by atoms with Gasteiger partial charge in [0.15, 0.2) is 5.82 Å². The van der Waals surface area contributed by atoms with E-state index in [9.17, 15) is 9.18 Å². The maximum atomic E-state index is 14.6. The van der Waals surface area contributed by atoms with Crippen LogP contribution in [0.1, 0.15) is 43.8 Å². The van der Waals surface area contributed by atoms with Gasteiger partial charge in [-0.05, 0) is 48.9 Å². The maximum absolute atomic E-state index is 14.6. The molecule has 0 aliphatic carbocycles. The topological polar surface area (TPSA) is 98.7 Å². The molecule has 0 fully saturated rings. The van der Waals surface area contributed by atoms with Crippen LogP contribution >= 0.6 is 11.3 Å². The van der Waals surface area contributed by atoms with E-state index >= 15 is 0 Å². The molecule has 0 unspecified atom stereocenters. The average Bonchev–Trinajstić information content (AvgIpc) is 3.54. The van der Waals surface area contributed by atoms with Crippen molar-refractivity contribution >= 4 is 22.9 Å². The largest absolute Gasteiger partial charge is 0.339 e. The Morgan fingerprint density at radius 3 is 3.03 bits per heavy atom. The molecule has 8 nitrogen and oxygen atoms in total. The van der Waals surface area contributed by atoms with Crippen molar-refractivity contribution in [3.63, 3.8) is 0 Å². The Kier molecular flexibility index (Phi) is 6.25. The van der Waals surface area contributed by atoms with Crippen LogP contribution in [0.4, 0.5) is 10.1 Å². The number of anilines is 1. The minimum Gasteiger partial charge on any atom is -0.339 e. The van der Waals surface area contributed by atoms with Gasteiger partial charge in [-0.15, -0.1) is 21.5 Å². The Hall–Kier alpha value is -3.40. The number of benzene rings is 1. The van der Waals surface area contributed by atoms with E-state index in [1.54, 1.807) is 23.5 Å². The number of carbonyl (C=O) groups is 1. The summed E-state index contributed by atoms with van der Waals surface area (Å²) in [6.45, 7) is 0.775. The molecule has 10 heteroatoms. The quantitative estimate of drug-likeness (QED) is 0.417. The maximum Gasteiger partial charge on any atom is 0.226 e. The molecule has 3 aromatic heterocycles. The number of aryl methyl sites for hydroxylation is 2. The lowest BCUT2D eigenvalue weighted by atomic mass is 10.1. The van der Waals surface area contributed by atoms with Gasteiger partial charge >= 0.3 is 0 Å². The van der Waals surface area contributed by atoms with E-state index in [1.165, 1.54) is 6.07 Å². The summed E-state index contributed by atoms with van der Waals surface area (Å²) in [5.74, 6) is 1.92. The summed E-state index contributed by atoms with van der Waals surface area (Å²) in [6, 6.07) is 8.40. The Bertz CT molecular complexity index is 1250. The van der Waals surface area contributed by atoms with Gasteiger partial charge in [0.2, 0.25) is 17.6 Å². The smallest absolute Gasteiger partial charge is 0.226 e. The second kappa shape index (κ2) is 9.62. The van der Waals surface area contributed by atoms with Crippen molar-refractivity contribution in [2.75, 3.05) is 5.32 Å². The van der Waals surface area contributed by atoms with Crippen molar-refractivity contribution in [3.05, 3.63) is 53.2 Å². The van der Waals surface area contributed by atoms with Crippen molar-refractivity contribution in [2.45, 2.75) is 51.5 Å². The number of rotatable bonds is 7. The molecule has 170 valence electrons. The number of halogens is 1. The Balaban J connectivity index is 1.20. The molecule has 0 radical (unpaired) electrons. The molecule has 1 aliphatic heterocycles. The Morgan fingerprint density at radius 2 is 2.15 bits per heavy atom. The summed E-state index contributed by atoms with van der Waals surface area (Å²) in [5.41, 5.74) is 0.876. The van der Waals surface area contributed by atoms with Crippen molar-refractivity contribution < 1.29 is 13.7 Å². The normalized spacial score (nSPS) is 13.5. The van der Waals surface area contributed by atoms with E-state index in [0.717, 1.165) is 42.9 Å². The number of hydrogen-bond donors (Lipinski definition) is 1. The molecular weight excluding hydrogens is 443 g/mol. The van der Waals surface area contributed by atoms with Gasteiger partial charge in [-0.1, -0.05) is 17.6 Å². The molecule has 0 saturated carbocycles. The van der Waals surface area contributed by atoms with E-state index in [0.29, 0.717) is 41.6 Å². The SMILES string of the molecule is O=C(CCCc1nc(-c2cccs2)no1)Nc1ccc(F)c(-c2nnc3n2CCCCC3)c1. The van der Waals surface area contributed by atoms with Crippen LogP contribution in [-0.4, -0.2) is 30.8 Å². The third-order valence-corrected chi connectivity index (χ3v) is 6.47. The molecule has 33 heavy (non-hydrogen) atoms. The zero-order chi connectivity index (χ0) is 22.6. The third kappa shape index (κ3) is 4.85. The fourth-order valence-corrected chi connectivity index (χ4v) is 4.59. The van der Waals surface area contributed by atoms with Gasteiger partial charge in [-0.2, -0.15) is 4.98 Å². The second-order valence-electron chi connectivity index (χ2n) is 7.99. The third-order valence-electron chi connectivity index (χ3n) is 5.60. The monoisotopic (exact) mass is 466 g/mol. The minimum atomic E-state index is -0.384. The highest BCUT2D eigenvalue weighted by molar-refractivity contribution is 7.13. The van der Waals surface area contributed by atoms with Gasteiger partial charge in [0.05, 0.1) is 10.4 Å². The van der Waals surface area contributed by atoms with Crippen LogP contribution in [0.2, 0.25) is 0 Å².